The van der Waals surface area contributed by atoms with Gasteiger partial charge in [0.05, 0.1) is 30.5 Å². The van der Waals surface area contributed by atoms with Crippen LogP contribution >= 0.6 is 0 Å². The number of carbonyl (C=O) groups excluding carboxylic acids is 3. The summed E-state index contributed by atoms with van der Waals surface area (Å²) in [5, 5.41) is 15.8. The van der Waals surface area contributed by atoms with Gasteiger partial charge in [-0.25, -0.2) is 4.39 Å². The molecular weight excluding hydrogens is 559 g/mol. The van der Waals surface area contributed by atoms with Crippen molar-refractivity contribution in [2.45, 2.75) is 57.0 Å². The number of nitrogens with one attached hydrogen (secondary N) is 2. The Hall–Kier alpha value is -4.30. The summed E-state index contributed by atoms with van der Waals surface area (Å²) < 4.78 is 19.2. The predicted octanol–water partition coefficient (Wildman–Crippen LogP) is 4.72. The van der Waals surface area contributed by atoms with E-state index in [9.17, 15) is 23.9 Å². The largest absolute Gasteiger partial charge is 0.463 e. The Kier molecular flexibility index (Phi) is 12.7. The number of ether oxygens (including phenoxy) is 1. The summed E-state index contributed by atoms with van der Waals surface area (Å²) >= 11 is 0. The third-order valence-electron chi connectivity index (χ3n) is 7.81. The number of esters is 1. The minimum Gasteiger partial charge on any atom is -0.463 e. The molecule has 232 valence electrons. The number of rotatable bonds is 10. The van der Waals surface area contributed by atoms with Crippen LogP contribution in [0.2, 0.25) is 0 Å². The van der Waals surface area contributed by atoms with E-state index in [0.29, 0.717) is 38.5 Å². The first-order valence-corrected chi connectivity index (χ1v) is 15.2. The lowest BCUT2D eigenvalue weighted by Gasteiger charge is -2.24. The van der Waals surface area contributed by atoms with E-state index in [1.807, 2.05) is 72.8 Å². The van der Waals surface area contributed by atoms with Gasteiger partial charge in [0.25, 0.3) is 0 Å². The molecule has 1 heterocycles. The van der Waals surface area contributed by atoms with Crippen molar-refractivity contribution in [1.29, 1.82) is 0 Å². The zero-order valence-corrected chi connectivity index (χ0v) is 24.9. The Labute approximate surface area is 258 Å². The Morgan fingerprint density at radius 3 is 2.23 bits per heavy atom. The molecular formula is C36H41FN2O5. The van der Waals surface area contributed by atoms with E-state index in [1.165, 1.54) is 12.1 Å². The number of cyclic esters (lactones) is 1. The number of benzene rings is 3. The van der Waals surface area contributed by atoms with Gasteiger partial charge in [0, 0.05) is 6.42 Å². The van der Waals surface area contributed by atoms with Crippen LogP contribution in [0.25, 0.3) is 0 Å². The first-order chi connectivity index (χ1) is 21.4. The Bertz CT molecular complexity index is 1360. The highest BCUT2D eigenvalue weighted by Gasteiger charge is 2.27. The van der Waals surface area contributed by atoms with Gasteiger partial charge in [-0.2, -0.15) is 0 Å². The SMILES string of the molecule is O=C(C[C@@H]1C/C=C/CC[C@H](Cc2ccc(F)cc2)C(=O)OC[C@@H](Cc2ccccc2)NC1=O)N[C@H](CO)Cc1ccccc1. The van der Waals surface area contributed by atoms with Crippen LogP contribution in [0, 0.1) is 17.7 Å². The van der Waals surface area contributed by atoms with E-state index in [2.05, 4.69) is 10.6 Å². The fourth-order valence-corrected chi connectivity index (χ4v) is 5.41. The normalized spacial score (nSPS) is 21.0. The molecule has 44 heavy (non-hydrogen) atoms. The van der Waals surface area contributed by atoms with Gasteiger partial charge in [0.2, 0.25) is 11.8 Å². The van der Waals surface area contributed by atoms with Gasteiger partial charge in [-0.15, -0.1) is 0 Å². The van der Waals surface area contributed by atoms with Crippen LogP contribution in [0.15, 0.2) is 97.1 Å². The third kappa shape index (κ3) is 10.8. The molecule has 3 N–H and O–H groups in total. The predicted molar refractivity (Wildman–Crippen MR) is 167 cm³/mol. The first-order valence-electron chi connectivity index (χ1n) is 15.2. The van der Waals surface area contributed by atoms with E-state index >= 15 is 0 Å². The molecule has 0 aliphatic carbocycles. The molecule has 4 atom stereocenters. The van der Waals surface area contributed by atoms with Gasteiger partial charge in [0.1, 0.15) is 12.4 Å². The van der Waals surface area contributed by atoms with E-state index in [1.54, 1.807) is 12.1 Å². The molecule has 1 aliphatic heterocycles. The summed E-state index contributed by atoms with van der Waals surface area (Å²) in [5.74, 6) is -2.39. The minimum absolute atomic E-state index is 0.0185. The number of hydrogen-bond acceptors (Lipinski definition) is 5. The summed E-state index contributed by atoms with van der Waals surface area (Å²) in [6.45, 7) is -0.240. The van der Waals surface area contributed by atoms with Crippen molar-refractivity contribution in [3.8, 4) is 0 Å². The number of hydrogen-bond donors (Lipinski definition) is 3. The quantitative estimate of drug-likeness (QED) is 0.231. The topological polar surface area (TPSA) is 105 Å². The maximum Gasteiger partial charge on any atom is 0.309 e. The van der Waals surface area contributed by atoms with Crippen molar-refractivity contribution in [2.75, 3.05) is 13.2 Å². The number of aliphatic hydroxyl groups excluding tert-OH is 1. The molecule has 0 unspecified atom stereocenters. The highest BCUT2D eigenvalue weighted by molar-refractivity contribution is 5.86. The van der Waals surface area contributed by atoms with Crippen LogP contribution in [0.3, 0.4) is 0 Å². The second kappa shape index (κ2) is 17.1. The van der Waals surface area contributed by atoms with Crippen LogP contribution in [0.5, 0.6) is 0 Å². The van der Waals surface area contributed by atoms with E-state index in [4.69, 9.17) is 4.74 Å². The van der Waals surface area contributed by atoms with Gasteiger partial charge in [-0.1, -0.05) is 84.9 Å². The molecule has 2 amide bonds. The molecule has 0 saturated heterocycles. The van der Waals surface area contributed by atoms with Crippen molar-refractivity contribution >= 4 is 17.8 Å². The average Bonchev–Trinajstić information content (AvgIpc) is 3.04. The molecule has 8 heteroatoms. The first kappa shape index (κ1) is 32.6. The molecule has 0 fully saturated rings. The van der Waals surface area contributed by atoms with E-state index in [0.717, 1.165) is 16.7 Å². The number of amides is 2. The van der Waals surface area contributed by atoms with E-state index < -0.39 is 23.9 Å². The zero-order chi connectivity index (χ0) is 31.1. The van der Waals surface area contributed by atoms with Gasteiger partial charge in [-0.3, -0.25) is 14.4 Å². The number of carbonyl (C=O) groups is 3. The lowest BCUT2D eigenvalue weighted by Crippen LogP contribution is -2.45. The summed E-state index contributed by atoms with van der Waals surface area (Å²) in [6, 6.07) is 24.4. The van der Waals surface area contributed by atoms with Crippen LogP contribution in [0.4, 0.5) is 4.39 Å². The van der Waals surface area contributed by atoms with Crippen LogP contribution in [-0.4, -0.2) is 48.2 Å². The molecule has 0 aromatic heterocycles. The number of aliphatic hydroxyl groups is 1. The summed E-state index contributed by atoms with van der Waals surface area (Å²) in [4.78, 5) is 39.9. The highest BCUT2D eigenvalue weighted by atomic mass is 19.1. The third-order valence-corrected chi connectivity index (χ3v) is 7.81. The Balaban J connectivity index is 1.47. The molecule has 3 aromatic carbocycles. The smallest absolute Gasteiger partial charge is 0.309 e. The number of allylic oxidation sites excluding steroid dienone is 2. The minimum atomic E-state index is -0.646. The summed E-state index contributed by atoms with van der Waals surface area (Å²) in [6.07, 6.45) is 6.55. The second-order valence-electron chi connectivity index (χ2n) is 11.4. The molecule has 1 aliphatic rings. The van der Waals surface area contributed by atoms with Crippen molar-refractivity contribution < 1.29 is 28.6 Å². The maximum atomic E-state index is 13.6. The average molecular weight is 601 g/mol. The lowest BCUT2D eigenvalue weighted by molar-refractivity contribution is -0.150. The maximum absolute atomic E-state index is 13.6. The summed E-state index contributed by atoms with van der Waals surface area (Å²) in [5.41, 5.74) is 2.81. The van der Waals surface area contributed by atoms with Crippen molar-refractivity contribution in [3.05, 3.63) is 120 Å². The highest BCUT2D eigenvalue weighted by Crippen LogP contribution is 2.20. The van der Waals surface area contributed by atoms with Gasteiger partial charge in [-0.05, 0) is 67.3 Å². The second-order valence-corrected chi connectivity index (χ2v) is 11.4. The molecule has 4 rings (SSSR count). The van der Waals surface area contributed by atoms with E-state index in [-0.39, 0.29) is 43.2 Å². The molecule has 0 spiro atoms. The summed E-state index contributed by atoms with van der Waals surface area (Å²) in [7, 11) is 0. The Morgan fingerprint density at radius 1 is 0.886 bits per heavy atom. The Morgan fingerprint density at radius 2 is 1.55 bits per heavy atom. The fourth-order valence-electron chi connectivity index (χ4n) is 5.41. The standard InChI is InChI=1S/C36H41FN2O5/c37-31-18-16-28(17-19-31)20-30-15-9-3-8-14-29(23-34(41)38-32(24-40)21-26-10-4-1-5-11-26)35(42)39-33(25-44-36(30)43)22-27-12-6-2-7-13-27/h1-8,10-13,16-19,29-30,32-33,40H,9,14-15,20-25H2,(H,38,41)(H,39,42)/b8-3+/t29-,30+,32-,33+/m0/s1. The van der Waals surface area contributed by atoms with Crippen LogP contribution in [-0.2, 0) is 38.4 Å². The number of halogens is 1. The van der Waals surface area contributed by atoms with Crippen molar-refractivity contribution in [2.24, 2.45) is 11.8 Å². The van der Waals surface area contributed by atoms with Crippen molar-refractivity contribution in [1.82, 2.24) is 10.6 Å². The molecule has 0 saturated carbocycles. The fraction of sp³-hybridized carbons (Fsp3) is 0.361. The van der Waals surface area contributed by atoms with Crippen LogP contribution in [0.1, 0.15) is 42.4 Å². The van der Waals surface area contributed by atoms with Gasteiger partial charge >= 0.3 is 5.97 Å². The monoisotopic (exact) mass is 600 g/mol. The van der Waals surface area contributed by atoms with Gasteiger partial charge < -0.3 is 20.5 Å². The molecule has 7 nitrogen and oxygen atoms in total. The molecule has 0 bridgehead atoms. The lowest BCUT2D eigenvalue weighted by atomic mass is 9.94. The van der Waals surface area contributed by atoms with Gasteiger partial charge in [0.15, 0.2) is 0 Å². The molecule has 3 aromatic rings. The zero-order valence-electron chi connectivity index (χ0n) is 24.9. The molecule has 0 radical (unpaired) electrons. The van der Waals surface area contributed by atoms with Crippen molar-refractivity contribution in [3.63, 3.8) is 0 Å². The van der Waals surface area contributed by atoms with Crippen LogP contribution < -0.4 is 10.6 Å².